The lowest BCUT2D eigenvalue weighted by molar-refractivity contribution is -0.133. The van der Waals surface area contributed by atoms with Crippen LogP contribution in [0.15, 0.2) is 24.3 Å². The molecule has 2 heterocycles. The smallest absolute Gasteiger partial charge is 0.226 e. The fourth-order valence-corrected chi connectivity index (χ4v) is 3.81. The molecule has 0 N–H and O–H groups in total. The van der Waals surface area contributed by atoms with Gasteiger partial charge in [0.15, 0.2) is 0 Å². The van der Waals surface area contributed by atoms with Crippen molar-refractivity contribution >= 4 is 5.91 Å². The molecule has 2 aliphatic heterocycles. The van der Waals surface area contributed by atoms with Gasteiger partial charge in [-0.2, -0.15) is 0 Å². The minimum atomic E-state index is 0.208. The van der Waals surface area contributed by atoms with Gasteiger partial charge in [-0.15, -0.1) is 0 Å². The Kier molecular flexibility index (Phi) is 5.97. The summed E-state index contributed by atoms with van der Waals surface area (Å²) < 4.78 is 10.9. The minimum absolute atomic E-state index is 0.208. The van der Waals surface area contributed by atoms with Gasteiger partial charge in [0.25, 0.3) is 0 Å². The van der Waals surface area contributed by atoms with Gasteiger partial charge in [-0.1, -0.05) is 12.1 Å². The highest BCUT2D eigenvalue weighted by atomic mass is 16.5. The molecule has 25 heavy (non-hydrogen) atoms. The van der Waals surface area contributed by atoms with E-state index < -0.39 is 0 Å². The Hall–Kier alpha value is -1.59. The Morgan fingerprint density at radius 1 is 1.12 bits per heavy atom. The number of hydrogen-bond acceptors (Lipinski definition) is 4. The van der Waals surface area contributed by atoms with E-state index in [1.54, 1.807) is 0 Å². The van der Waals surface area contributed by atoms with E-state index in [0.29, 0.717) is 13.0 Å². The SMILES string of the molecule is CCOc1ccc(CC(=O)N2CCC(C)(N3CCOCC3)CC2)cc1. The molecular weight excluding hydrogens is 316 g/mol. The summed E-state index contributed by atoms with van der Waals surface area (Å²) in [6.45, 7) is 10.4. The third kappa shape index (κ3) is 4.53. The van der Waals surface area contributed by atoms with Crippen LogP contribution in [0.2, 0.25) is 0 Å². The number of morpholine rings is 1. The number of nitrogens with zero attached hydrogens (tertiary/aromatic N) is 2. The number of carbonyl (C=O) groups is 1. The van der Waals surface area contributed by atoms with Gasteiger partial charge in [0, 0.05) is 31.7 Å². The highest BCUT2D eigenvalue weighted by molar-refractivity contribution is 5.79. The molecule has 1 aromatic carbocycles. The van der Waals surface area contributed by atoms with E-state index in [2.05, 4.69) is 11.8 Å². The summed E-state index contributed by atoms with van der Waals surface area (Å²) in [5, 5.41) is 0. The van der Waals surface area contributed by atoms with Crippen LogP contribution < -0.4 is 4.74 Å². The van der Waals surface area contributed by atoms with Crippen LogP contribution in [-0.4, -0.2) is 67.2 Å². The number of benzene rings is 1. The maximum atomic E-state index is 12.6. The van der Waals surface area contributed by atoms with Crippen LogP contribution in [0, 0.1) is 0 Å². The Balaban J connectivity index is 1.51. The summed E-state index contributed by atoms with van der Waals surface area (Å²) in [7, 11) is 0. The van der Waals surface area contributed by atoms with Crippen LogP contribution in [0.25, 0.3) is 0 Å². The largest absolute Gasteiger partial charge is 0.494 e. The van der Waals surface area contributed by atoms with Gasteiger partial charge in [0.1, 0.15) is 5.75 Å². The van der Waals surface area contributed by atoms with E-state index >= 15 is 0 Å². The molecule has 1 aromatic rings. The molecule has 0 radical (unpaired) electrons. The number of amides is 1. The zero-order valence-electron chi connectivity index (χ0n) is 15.5. The first-order valence-corrected chi connectivity index (χ1v) is 9.43. The molecule has 2 fully saturated rings. The Morgan fingerprint density at radius 2 is 1.76 bits per heavy atom. The van der Waals surface area contributed by atoms with E-state index in [0.717, 1.165) is 63.5 Å². The molecule has 5 nitrogen and oxygen atoms in total. The van der Waals surface area contributed by atoms with Crippen molar-refractivity contribution in [2.24, 2.45) is 0 Å². The molecule has 3 rings (SSSR count). The zero-order chi connectivity index (χ0) is 17.7. The van der Waals surface area contributed by atoms with Crippen molar-refractivity contribution in [3.05, 3.63) is 29.8 Å². The Labute approximate surface area is 150 Å². The predicted octanol–water partition coefficient (Wildman–Crippen LogP) is 2.34. The van der Waals surface area contributed by atoms with Gasteiger partial charge in [-0.25, -0.2) is 0 Å². The van der Waals surface area contributed by atoms with Gasteiger partial charge in [0.2, 0.25) is 5.91 Å². The summed E-state index contributed by atoms with van der Waals surface area (Å²) in [4.78, 5) is 17.2. The first-order chi connectivity index (χ1) is 12.1. The van der Waals surface area contributed by atoms with Gasteiger partial charge >= 0.3 is 0 Å². The molecule has 2 aliphatic rings. The average molecular weight is 346 g/mol. The highest BCUT2D eigenvalue weighted by Gasteiger charge is 2.37. The summed E-state index contributed by atoms with van der Waals surface area (Å²) in [6.07, 6.45) is 2.56. The van der Waals surface area contributed by atoms with Crippen molar-refractivity contribution in [1.82, 2.24) is 9.80 Å². The number of rotatable bonds is 5. The molecular formula is C20H30N2O3. The van der Waals surface area contributed by atoms with Gasteiger partial charge < -0.3 is 14.4 Å². The molecule has 1 amide bonds. The third-order valence-corrected chi connectivity index (χ3v) is 5.56. The lowest BCUT2D eigenvalue weighted by atomic mass is 9.87. The Morgan fingerprint density at radius 3 is 2.36 bits per heavy atom. The fourth-order valence-electron chi connectivity index (χ4n) is 3.81. The molecule has 2 saturated heterocycles. The van der Waals surface area contributed by atoms with Crippen molar-refractivity contribution in [3.8, 4) is 5.75 Å². The summed E-state index contributed by atoms with van der Waals surface area (Å²) in [5.74, 6) is 1.09. The molecule has 0 aromatic heterocycles. The molecule has 0 spiro atoms. The number of ether oxygens (including phenoxy) is 2. The predicted molar refractivity (Wildman–Crippen MR) is 97.9 cm³/mol. The van der Waals surface area contributed by atoms with Crippen molar-refractivity contribution in [3.63, 3.8) is 0 Å². The normalized spacial score (nSPS) is 21.1. The topological polar surface area (TPSA) is 42.0 Å². The van der Waals surface area contributed by atoms with Crippen molar-refractivity contribution < 1.29 is 14.3 Å². The average Bonchev–Trinajstić information content (AvgIpc) is 2.65. The monoisotopic (exact) mass is 346 g/mol. The molecule has 138 valence electrons. The summed E-state index contributed by atoms with van der Waals surface area (Å²) in [6, 6.07) is 7.87. The lowest BCUT2D eigenvalue weighted by Gasteiger charge is -2.48. The fraction of sp³-hybridized carbons (Fsp3) is 0.650. The van der Waals surface area contributed by atoms with Crippen LogP contribution in [0.5, 0.6) is 5.75 Å². The van der Waals surface area contributed by atoms with E-state index in [9.17, 15) is 4.79 Å². The second-order valence-electron chi connectivity index (χ2n) is 7.23. The van der Waals surface area contributed by atoms with E-state index in [4.69, 9.17) is 9.47 Å². The van der Waals surface area contributed by atoms with Crippen LogP contribution >= 0.6 is 0 Å². The molecule has 0 unspecified atom stereocenters. The first kappa shape index (κ1) is 18.2. The van der Waals surface area contributed by atoms with Gasteiger partial charge in [-0.3, -0.25) is 9.69 Å². The number of carbonyl (C=O) groups excluding carboxylic acids is 1. The maximum absolute atomic E-state index is 12.6. The quantitative estimate of drug-likeness (QED) is 0.821. The van der Waals surface area contributed by atoms with Crippen molar-refractivity contribution in [1.29, 1.82) is 0 Å². The highest BCUT2D eigenvalue weighted by Crippen LogP contribution is 2.29. The van der Waals surface area contributed by atoms with E-state index in [1.807, 2.05) is 36.1 Å². The van der Waals surface area contributed by atoms with Crippen LogP contribution in [0.3, 0.4) is 0 Å². The second-order valence-corrected chi connectivity index (χ2v) is 7.23. The summed E-state index contributed by atoms with van der Waals surface area (Å²) >= 11 is 0. The number of likely N-dealkylation sites (tertiary alicyclic amines) is 1. The van der Waals surface area contributed by atoms with Gasteiger partial charge in [0.05, 0.1) is 26.2 Å². The van der Waals surface area contributed by atoms with Crippen molar-refractivity contribution in [2.45, 2.75) is 38.6 Å². The van der Waals surface area contributed by atoms with Gasteiger partial charge in [-0.05, 0) is 44.4 Å². The third-order valence-electron chi connectivity index (χ3n) is 5.56. The Bertz CT molecular complexity index is 559. The minimum Gasteiger partial charge on any atom is -0.494 e. The van der Waals surface area contributed by atoms with E-state index in [-0.39, 0.29) is 11.4 Å². The molecule has 0 atom stereocenters. The van der Waals surface area contributed by atoms with Crippen molar-refractivity contribution in [2.75, 3.05) is 46.0 Å². The molecule has 0 aliphatic carbocycles. The summed E-state index contributed by atoms with van der Waals surface area (Å²) in [5.41, 5.74) is 1.26. The molecule has 0 bridgehead atoms. The maximum Gasteiger partial charge on any atom is 0.226 e. The zero-order valence-corrected chi connectivity index (χ0v) is 15.5. The first-order valence-electron chi connectivity index (χ1n) is 9.43. The number of piperidine rings is 1. The van der Waals surface area contributed by atoms with Crippen LogP contribution in [0.1, 0.15) is 32.3 Å². The van der Waals surface area contributed by atoms with Crippen LogP contribution in [-0.2, 0) is 16.0 Å². The lowest BCUT2D eigenvalue weighted by Crippen LogP contribution is -2.57. The number of hydrogen-bond donors (Lipinski definition) is 0. The molecule has 0 saturated carbocycles. The molecule has 5 heteroatoms. The standard InChI is InChI=1S/C20H30N2O3/c1-3-25-18-6-4-17(5-7-18)16-19(23)21-10-8-20(2,9-11-21)22-12-14-24-15-13-22/h4-7H,3,8-16H2,1-2H3. The second kappa shape index (κ2) is 8.19. The van der Waals surface area contributed by atoms with Crippen LogP contribution in [0.4, 0.5) is 0 Å². The van der Waals surface area contributed by atoms with E-state index in [1.165, 1.54) is 0 Å².